The summed E-state index contributed by atoms with van der Waals surface area (Å²) in [7, 11) is 3.18. The third-order valence-corrected chi connectivity index (χ3v) is 6.36. The fourth-order valence-corrected chi connectivity index (χ4v) is 4.52. The summed E-state index contributed by atoms with van der Waals surface area (Å²) in [5.74, 6) is -3.30. The molecule has 0 aromatic heterocycles. The van der Waals surface area contributed by atoms with Crippen LogP contribution in [0.1, 0.15) is 30.6 Å². The van der Waals surface area contributed by atoms with Crippen LogP contribution in [0.15, 0.2) is 60.7 Å². The Kier molecular flexibility index (Phi) is 9.70. The fraction of sp³-hybridized carbons (Fsp3) is 0.444. The number of rotatable bonds is 10. The highest BCUT2D eigenvalue weighted by molar-refractivity contribution is 5.83. The zero-order chi connectivity index (χ0) is 28.8. The zero-order valence-corrected chi connectivity index (χ0v) is 21.7. The van der Waals surface area contributed by atoms with Crippen LogP contribution in [0.25, 0.3) is 0 Å². The number of methoxy groups -OCH3 is 3. The summed E-state index contributed by atoms with van der Waals surface area (Å²) in [6.45, 7) is 1.08. The van der Waals surface area contributed by atoms with Crippen LogP contribution < -0.4 is 0 Å². The normalized spacial score (nSPS) is 23.4. The minimum Gasteiger partial charge on any atom is -0.469 e. The van der Waals surface area contributed by atoms with Crippen molar-refractivity contribution in [1.82, 2.24) is 0 Å². The molecule has 0 aliphatic carbocycles. The maximum Gasteiger partial charge on any atom is 0.432 e. The van der Waals surface area contributed by atoms with E-state index in [1.165, 1.54) is 25.3 Å². The minimum absolute atomic E-state index is 0.341. The molecule has 1 fully saturated rings. The van der Waals surface area contributed by atoms with Crippen LogP contribution in [0.5, 0.6) is 0 Å². The van der Waals surface area contributed by atoms with Gasteiger partial charge in [-0.05, 0) is 5.56 Å². The second-order valence-corrected chi connectivity index (χ2v) is 8.68. The number of esters is 3. The van der Waals surface area contributed by atoms with Gasteiger partial charge in [-0.1, -0.05) is 60.7 Å². The molecule has 0 bridgehead atoms. The molecule has 0 amide bonds. The first-order chi connectivity index (χ1) is 18.5. The van der Waals surface area contributed by atoms with Crippen LogP contribution in [0.2, 0.25) is 0 Å². The van der Waals surface area contributed by atoms with E-state index in [4.69, 9.17) is 28.4 Å². The van der Waals surface area contributed by atoms with Gasteiger partial charge in [0.05, 0.1) is 19.6 Å². The van der Waals surface area contributed by atoms with E-state index in [1.54, 1.807) is 30.3 Å². The largest absolute Gasteiger partial charge is 0.469 e. The van der Waals surface area contributed by atoms with Crippen LogP contribution >= 0.6 is 0 Å². The highest BCUT2D eigenvalue weighted by Gasteiger charge is 2.65. The average molecular weight is 555 g/mol. The van der Waals surface area contributed by atoms with E-state index in [2.05, 4.69) is 0 Å². The first kappa shape index (κ1) is 30.1. The molecule has 39 heavy (non-hydrogen) atoms. The van der Waals surface area contributed by atoms with E-state index in [0.29, 0.717) is 5.56 Å². The molecule has 3 rings (SSSR count). The molecule has 1 saturated heterocycles. The summed E-state index contributed by atoms with van der Waals surface area (Å²) in [6.07, 6.45) is -12.1. The van der Waals surface area contributed by atoms with Crippen molar-refractivity contribution in [2.45, 2.75) is 55.6 Å². The predicted octanol–water partition coefficient (Wildman–Crippen LogP) is 3.65. The molecular weight excluding hydrogens is 525 g/mol. The van der Waals surface area contributed by atoms with Gasteiger partial charge in [0.25, 0.3) is 5.60 Å². The van der Waals surface area contributed by atoms with Gasteiger partial charge in [0.1, 0.15) is 12.2 Å². The topological polar surface area (TPSA) is 107 Å². The van der Waals surface area contributed by atoms with Crippen molar-refractivity contribution in [1.29, 1.82) is 0 Å². The molecule has 0 N–H and O–H groups in total. The van der Waals surface area contributed by atoms with Gasteiger partial charge >= 0.3 is 24.1 Å². The van der Waals surface area contributed by atoms with Gasteiger partial charge in [-0.15, -0.1) is 0 Å². The van der Waals surface area contributed by atoms with Gasteiger partial charge in [0, 0.05) is 26.7 Å². The lowest BCUT2D eigenvalue weighted by Gasteiger charge is -2.34. The molecule has 2 aromatic rings. The Morgan fingerprint density at radius 2 is 1.49 bits per heavy atom. The third-order valence-electron chi connectivity index (χ3n) is 6.36. The lowest BCUT2D eigenvalue weighted by molar-refractivity contribution is -0.280. The van der Waals surface area contributed by atoms with Gasteiger partial charge in [-0.2, -0.15) is 13.2 Å². The number of carbonyl (C=O) groups excluding carboxylic acids is 3. The number of hydrogen-bond acceptors (Lipinski definition) is 9. The molecule has 1 aliphatic heterocycles. The number of halogens is 3. The monoisotopic (exact) mass is 554 g/mol. The molecule has 212 valence electrons. The van der Waals surface area contributed by atoms with E-state index in [-0.39, 0.29) is 6.42 Å². The molecule has 2 aromatic carbocycles. The number of ether oxygens (including phenoxy) is 6. The second kappa shape index (κ2) is 12.6. The zero-order valence-electron chi connectivity index (χ0n) is 21.7. The molecule has 9 nitrogen and oxygen atoms in total. The van der Waals surface area contributed by atoms with Crippen LogP contribution in [0.3, 0.4) is 0 Å². The highest BCUT2D eigenvalue weighted by Crippen LogP contribution is 2.46. The van der Waals surface area contributed by atoms with Crippen LogP contribution in [-0.4, -0.2) is 69.8 Å². The Morgan fingerprint density at radius 3 is 1.97 bits per heavy atom. The smallest absolute Gasteiger partial charge is 0.432 e. The van der Waals surface area contributed by atoms with Gasteiger partial charge < -0.3 is 28.4 Å². The molecule has 1 heterocycles. The quantitative estimate of drug-likeness (QED) is 0.321. The lowest BCUT2D eigenvalue weighted by atomic mass is 9.92. The van der Waals surface area contributed by atoms with E-state index in [0.717, 1.165) is 33.3 Å². The van der Waals surface area contributed by atoms with Crippen LogP contribution in [0.4, 0.5) is 13.2 Å². The lowest BCUT2D eigenvalue weighted by Crippen LogP contribution is -2.54. The molecule has 0 radical (unpaired) electrons. The number of carbonyl (C=O) groups is 3. The van der Waals surface area contributed by atoms with Gasteiger partial charge in [0.15, 0.2) is 12.2 Å². The maximum absolute atomic E-state index is 14.5. The van der Waals surface area contributed by atoms with Gasteiger partial charge in [0.2, 0.25) is 0 Å². The van der Waals surface area contributed by atoms with Gasteiger partial charge in [-0.25, -0.2) is 4.79 Å². The highest BCUT2D eigenvalue weighted by atomic mass is 19.4. The Hall–Kier alpha value is -3.48. The molecule has 12 heteroatoms. The van der Waals surface area contributed by atoms with Crippen molar-refractivity contribution in [3.63, 3.8) is 0 Å². The standard InChI is InChI=1S/C27H29F3O9/c1-16(31)37-24-22(19(34-2)15-20(32)35-3)38-21(17-11-7-5-8-12-17)23(24)39-25(33)26(36-4,27(28,29)30)18-13-9-6-10-14-18/h5-14,19,21-24H,15H2,1-4H3/t19-,21-,22+,23-,24-,26+/m1/s1. The Balaban J connectivity index is 2.11. The molecular formula is C27H29F3O9. The predicted molar refractivity (Wildman–Crippen MR) is 128 cm³/mol. The third kappa shape index (κ3) is 6.23. The molecule has 6 atom stereocenters. The Morgan fingerprint density at radius 1 is 0.897 bits per heavy atom. The summed E-state index contributed by atoms with van der Waals surface area (Å²) >= 11 is 0. The Labute approximate surface area is 223 Å². The number of benzene rings is 2. The minimum atomic E-state index is -5.24. The average Bonchev–Trinajstić information content (AvgIpc) is 3.24. The molecule has 0 spiro atoms. The number of alkyl halides is 3. The second-order valence-electron chi connectivity index (χ2n) is 8.68. The molecule has 1 aliphatic rings. The van der Waals surface area contributed by atoms with Crippen molar-refractivity contribution in [2.75, 3.05) is 21.3 Å². The molecule has 0 saturated carbocycles. The van der Waals surface area contributed by atoms with Crippen LogP contribution in [0, 0.1) is 0 Å². The SMILES string of the molecule is COC(=O)C[C@@H](OC)[C@@H]1O[C@H](c2ccccc2)[C@@H](OC(=O)[C@@](OC)(c2ccccc2)C(F)(F)F)[C@@H]1OC(C)=O. The van der Waals surface area contributed by atoms with Crippen molar-refractivity contribution >= 4 is 17.9 Å². The van der Waals surface area contributed by atoms with Crippen molar-refractivity contribution in [3.8, 4) is 0 Å². The van der Waals surface area contributed by atoms with Gasteiger partial charge in [-0.3, -0.25) is 9.59 Å². The van der Waals surface area contributed by atoms with E-state index >= 15 is 0 Å². The summed E-state index contributed by atoms with van der Waals surface area (Å²) in [5, 5.41) is 0. The maximum atomic E-state index is 14.5. The summed E-state index contributed by atoms with van der Waals surface area (Å²) in [4.78, 5) is 37.6. The van der Waals surface area contributed by atoms with E-state index < -0.39 is 65.8 Å². The fourth-order valence-electron chi connectivity index (χ4n) is 4.52. The Bertz CT molecular complexity index is 1130. The van der Waals surface area contributed by atoms with Crippen molar-refractivity contribution in [3.05, 3.63) is 71.8 Å². The first-order valence-corrected chi connectivity index (χ1v) is 11.9. The summed E-state index contributed by atoms with van der Waals surface area (Å²) < 4.78 is 75.6. The van der Waals surface area contributed by atoms with E-state index in [9.17, 15) is 27.6 Å². The van der Waals surface area contributed by atoms with Crippen LogP contribution in [-0.2, 0) is 48.4 Å². The van der Waals surface area contributed by atoms with Crippen molar-refractivity contribution in [2.24, 2.45) is 0 Å². The number of hydrogen-bond donors (Lipinski definition) is 0. The first-order valence-electron chi connectivity index (χ1n) is 11.9. The van der Waals surface area contributed by atoms with Crippen molar-refractivity contribution < 1.29 is 56.0 Å². The summed E-state index contributed by atoms with van der Waals surface area (Å²) in [5.41, 5.74) is -3.60. The summed E-state index contributed by atoms with van der Waals surface area (Å²) in [6, 6.07) is 14.5. The molecule has 0 unspecified atom stereocenters. The van der Waals surface area contributed by atoms with E-state index in [1.807, 2.05) is 0 Å².